The van der Waals surface area contributed by atoms with Crippen molar-refractivity contribution in [2.45, 2.75) is 39.5 Å². The summed E-state index contributed by atoms with van der Waals surface area (Å²) in [6.45, 7) is 8.40. The van der Waals surface area contributed by atoms with Gasteiger partial charge < -0.3 is 30.0 Å². The highest BCUT2D eigenvalue weighted by Crippen LogP contribution is 2.30. The van der Waals surface area contributed by atoms with E-state index in [0.29, 0.717) is 5.92 Å². The van der Waals surface area contributed by atoms with Crippen molar-refractivity contribution in [3.63, 3.8) is 0 Å². The van der Waals surface area contributed by atoms with Crippen LogP contribution in [0.25, 0.3) is 0 Å². The molecule has 2 aromatic carbocycles. The average molecular weight is 673 g/mol. The van der Waals surface area contributed by atoms with Gasteiger partial charge in [-0.3, -0.25) is 0 Å². The van der Waals surface area contributed by atoms with Crippen LogP contribution in [-0.2, 0) is 9.47 Å². The fraction of sp³-hybridized carbons (Fsp3) is 0.294. The number of hydrogen-bond donors (Lipinski definition) is 2. The number of carbonyl (C=O) groups excluding carboxylic acids is 2. The molecule has 0 fully saturated rings. The summed E-state index contributed by atoms with van der Waals surface area (Å²) < 4.78 is 45.5. The molecule has 0 aliphatic heterocycles. The van der Waals surface area contributed by atoms with Crippen molar-refractivity contribution < 1.29 is 37.3 Å². The first kappa shape index (κ1) is 38.2. The fourth-order valence-corrected chi connectivity index (χ4v) is 4.31. The van der Waals surface area contributed by atoms with Crippen molar-refractivity contribution in [1.29, 1.82) is 0 Å². The van der Waals surface area contributed by atoms with Crippen LogP contribution in [0.4, 0.5) is 26.0 Å². The van der Waals surface area contributed by atoms with Crippen LogP contribution in [0.15, 0.2) is 60.7 Å². The molecule has 13 heteroatoms. The second-order valence-corrected chi connectivity index (χ2v) is 10.7. The number of ether oxygens (including phenoxy) is 4. The largest absolute Gasteiger partial charge is 0.479 e. The molecular formula is C34H39ClF2N4O6. The highest BCUT2D eigenvalue weighted by molar-refractivity contribution is 6.32. The number of nitrogens with two attached hydrogens (primary N) is 1. The van der Waals surface area contributed by atoms with E-state index in [-0.39, 0.29) is 39.8 Å². The third-order valence-corrected chi connectivity index (χ3v) is 6.78. The van der Waals surface area contributed by atoms with E-state index in [4.69, 9.17) is 26.8 Å². The van der Waals surface area contributed by atoms with Crippen LogP contribution in [-0.4, -0.2) is 50.3 Å². The summed E-state index contributed by atoms with van der Waals surface area (Å²) in [7, 11) is 4.96. The minimum Gasteiger partial charge on any atom is -0.479 e. The number of hydrogen-bond acceptors (Lipinski definition) is 10. The normalized spacial score (nSPS) is 10.2. The van der Waals surface area contributed by atoms with E-state index in [1.165, 1.54) is 34.0 Å². The number of nitrogens with zero attached hydrogens (tertiary/aromatic N) is 2. The number of benzene rings is 2. The van der Waals surface area contributed by atoms with Crippen LogP contribution in [0.5, 0.6) is 11.8 Å². The summed E-state index contributed by atoms with van der Waals surface area (Å²) in [5, 5.41) is 2.92. The Hall–Kier alpha value is -4.97. The number of methoxy groups -OCH3 is 4. The number of nitrogen functional groups attached to an aromatic ring is 1. The summed E-state index contributed by atoms with van der Waals surface area (Å²) in [5.74, 6) is -2.39. The zero-order valence-electron chi connectivity index (χ0n) is 27.5. The van der Waals surface area contributed by atoms with Gasteiger partial charge in [-0.05, 0) is 47.2 Å². The lowest BCUT2D eigenvalue weighted by Gasteiger charge is -2.16. The predicted octanol–water partition coefficient (Wildman–Crippen LogP) is 7.94. The Morgan fingerprint density at radius 3 is 1.70 bits per heavy atom. The van der Waals surface area contributed by atoms with Crippen molar-refractivity contribution in [1.82, 2.24) is 9.97 Å². The Bertz CT molecular complexity index is 1670. The lowest BCUT2D eigenvalue weighted by atomic mass is 10.0. The number of para-hydroxylation sites is 2. The van der Waals surface area contributed by atoms with Crippen LogP contribution in [0.1, 0.15) is 71.4 Å². The molecule has 47 heavy (non-hydrogen) atoms. The monoisotopic (exact) mass is 672 g/mol. The van der Waals surface area contributed by atoms with Gasteiger partial charge in [-0.1, -0.05) is 75.7 Å². The van der Waals surface area contributed by atoms with Gasteiger partial charge in [-0.15, -0.1) is 0 Å². The van der Waals surface area contributed by atoms with Crippen molar-refractivity contribution in [3.8, 4) is 11.8 Å². The summed E-state index contributed by atoms with van der Waals surface area (Å²) in [6, 6.07) is 17.6. The third kappa shape index (κ3) is 10.5. The number of halogens is 3. The van der Waals surface area contributed by atoms with Crippen LogP contribution in [0, 0.1) is 11.6 Å². The van der Waals surface area contributed by atoms with Crippen molar-refractivity contribution in [2.24, 2.45) is 0 Å². The zero-order valence-corrected chi connectivity index (χ0v) is 28.2. The number of aromatic nitrogens is 2. The first-order chi connectivity index (χ1) is 22.3. The number of pyridine rings is 2. The van der Waals surface area contributed by atoms with E-state index in [2.05, 4.69) is 58.5 Å². The molecule has 0 saturated heterocycles. The second-order valence-electron chi connectivity index (χ2n) is 10.3. The Morgan fingerprint density at radius 2 is 1.21 bits per heavy atom. The molecule has 2 aromatic heterocycles. The molecule has 4 aromatic rings. The standard InChI is InChI=1S/C17H19FN2O3.C9H13N.C8H7ClFNO3/c1-10(2)11-7-5-6-8-14(11)19-15-12(17(21)23-4)9-13(18)16(20-15)22-3;1-7(2)8-5-3-4-6-9(8)10;1-13-7-5(10)3-4(6(9)11-7)8(12)14-2/h5-10H,1-4H3,(H,19,20);3-7H,10H2,1-2H3;3H,1-2H3. The molecule has 2 heterocycles. The number of carbonyl (C=O) groups is 2. The molecule has 4 rings (SSSR count). The molecular weight excluding hydrogens is 634 g/mol. The van der Waals surface area contributed by atoms with Gasteiger partial charge in [-0.2, -0.15) is 9.97 Å². The van der Waals surface area contributed by atoms with Gasteiger partial charge in [0.1, 0.15) is 22.1 Å². The molecule has 0 radical (unpaired) electrons. The summed E-state index contributed by atoms with van der Waals surface area (Å²) in [5.41, 5.74) is 9.57. The van der Waals surface area contributed by atoms with Gasteiger partial charge in [0, 0.05) is 11.4 Å². The summed E-state index contributed by atoms with van der Waals surface area (Å²) in [4.78, 5) is 30.5. The molecule has 0 spiro atoms. The van der Waals surface area contributed by atoms with E-state index < -0.39 is 23.6 Å². The highest BCUT2D eigenvalue weighted by Gasteiger charge is 2.20. The molecule has 0 aliphatic carbocycles. The molecule has 10 nitrogen and oxygen atoms in total. The van der Waals surface area contributed by atoms with Crippen molar-refractivity contribution >= 4 is 40.7 Å². The Balaban J connectivity index is 0.000000271. The molecule has 0 unspecified atom stereocenters. The first-order valence-corrected chi connectivity index (χ1v) is 14.7. The fourth-order valence-electron chi connectivity index (χ4n) is 4.10. The lowest BCUT2D eigenvalue weighted by Crippen LogP contribution is -2.10. The molecule has 252 valence electrons. The van der Waals surface area contributed by atoms with Crippen molar-refractivity contribution in [3.05, 3.63) is 99.7 Å². The van der Waals surface area contributed by atoms with E-state index in [1.54, 1.807) is 0 Å². The Kier molecular flexibility index (Phi) is 14.8. The lowest BCUT2D eigenvalue weighted by molar-refractivity contribution is 0.0591. The van der Waals surface area contributed by atoms with Crippen LogP contribution in [0.3, 0.4) is 0 Å². The number of esters is 2. The highest BCUT2D eigenvalue weighted by atomic mass is 35.5. The maximum absolute atomic E-state index is 13.9. The van der Waals surface area contributed by atoms with Crippen molar-refractivity contribution in [2.75, 3.05) is 39.5 Å². The van der Waals surface area contributed by atoms with Gasteiger partial charge in [0.15, 0.2) is 11.6 Å². The molecule has 0 amide bonds. The smallest absolute Gasteiger partial charge is 0.341 e. The topological polar surface area (TPSA) is 135 Å². The summed E-state index contributed by atoms with van der Waals surface area (Å²) in [6.07, 6.45) is 0. The Morgan fingerprint density at radius 1 is 0.745 bits per heavy atom. The maximum Gasteiger partial charge on any atom is 0.341 e. The van der Waals surface area contributed by atoms with Crippen LogP contribution < -0.4 is 20.5 Å². The maximum atomic E-state index is 13.9. The molecule has 3 N–H and O–H groups in total. The minimum absolute atomic E-state index is 0.00404. The minimum atomic E-state index is -0.766. The zero-order chi connectivity index (χ0) is 35.3. The molecule has 0 atom stereocenters. The van der Waals surface area contributed by atoms with E-state index >= 15 is 0 Å². The van der Waals surface area contributed by atoms with Gasteiger partial charge in [0.2, 0.25) is 0 Å². The van der Waals surface area contributed by atoms with Gasteiger partial charge in [-0.25, -0.2) is 18.4 Å². The van der Waals surface area contributed by atoms with E-state index in [9.17, 15) is 18.4 Å². The van der Waals surface area contributed by atoms with Crippen LogP contribution >= 0.6 is 11.6 Å². The molecule has 0 bridgehead atoms. The van der Waals surface area contributed by atoms with Gasteiger partial charge >= 0.3 is 11.9 Å². The molecule has 0 saturated carbocycles. The Labute approximate surface area is 278 Å². The molecule has 0 aliphatic rings. The third-order valence-electron chi connectivity index (χ3n) is 6.49. The SMILES string of the molecule is CC(C)c1ccccc1N.COC(=O)c1cc(F)c(OC)nc1Cl.COC(=O)c1cc(F)c(OC)nc1Nc1ccccc1C(C)C. The number of anilines is 3. The summed E-state index contributed by atoms with van der Waals surface area (Å²) >= 11 is 5.60. The van der Waals surface area contributed by atoms with Gasteiger partial charge in [0.25, 0.3) is 11.8 Å². The second kappa shape index (κ2) is 18.2. The quantitative estimate of drug-likeness (QED) is 0.108. The number of rotatable bonds is 8. The van der Waals surface area contributed by atoms with Crippen LogP contribution in [0.2, 0.25) is 5.15 Å². The first-order valence-electron chi connectivity index (χ1n) is 14.3. The van der Waals surface area contributed by atoms with E-state index in [1.807, 2.05) is 42.5 Å². The predicted molar refractivity (Wildman–Crippen MR) is 178 cm³/mol. The van der Waals surface area contributed by atoms with E-state index in [0.717, 1.165) is 29.1 Å². The van der Waals surface area contributed by atoms with Gasteiger partial charge in [0.05, 0.1) is 28.4 Å². The number of nitrogens with one attached hydrogen (secondary N) is 1. The average Bonchev–Trinajstić information content (AvgIpc) is 3.06.